The number of hydrazone groups is 1. The van der Waals surface area contributed by atoms with Gasteiger partial charge < -0.3 is 10.5 Å². The first-order valence-corrected chi connectivity index (χ1v) is 11.7. The van der Waals surface area contributed by atoms with Crippen LogP contribution in [0.25, 0.3) is 0 Å². The van der Waals surface area contributed by atoms with Crippen LogP contribution in [0, 0.1) is 0 Å². The van der Waals surface area contributed by atoms with Crippen molar-refractivity contribution >= 4 is 45.3 Å². The van der Waals surface area contributed by atoms with Crippen LogP contribution in [0.1, 0.15) is 5.56 Å². The largest absolute Gasteiger partial charge is 0.484 e. The average molecular weight is 501 g/mol. The van der Waals surface area contributed by atoms with Crippen molar-refractivity contribution in [1.82, 2.24) is 5.43 Å². The van der Waals surface area contributed by atoms with Gasteiger partial charge in [-0.15, -0.1) is 0 Å². The quantitative estimate of drug-likeness (QED) is 0.326. The first-order valence-electron chi connectivity index (χ1n) is 9.92. The molecule has 0 spiro atoms. The maximum Gasteiger partial charge on any atom is 0.264 e. The van der Waals surface area contributed by atoms with Gasteiger partial charge in [-0.1, -0.05) is 29.8 Å². The van der Waals surface area contributed by atoms with Gasteiger partial charge in [-0.05, 0) is 66.2 Å². The van der Waals surface area contributed by atoms with Crippen molar-refractivity contribution in [3.63, 3.8) is 0 Å². The number of primary amides is 1. The summed E-state index contributed by atoms with van der Waals surface area (Å²) in [6, 6.07) is 20.4. The molecule has 3 rings (SSSR count). The minimum absolute atomic E-state index is 0.0416. The Morgan fingerprint density at radius 2 is 1.65 bits per heavy atom. The molecule has 0 aliphatic carbocycles. The number of hydrogen-bond acceptors (Lipinski definition) is 6. The lowest BCUT2D eigenvalue weighted by atomic mass is 10.2. The summed E-state index contributed by atoms with van der Waals surface area (Å²) in [7, 11) is -4.02. The molecule has 0 heterocycles. The smallest absolute Gasteiger partial charge is 0.264 e. The minimum Gasteiger partial charge on any atom is -0.484 e. The summed E-state index contributed by atoms with van der Waals surface area (Å²) in [6.07, 6.45) is 1.38. The SMILES string of the molecule is NC(=O)COc1ccc(/C=N\NC(=O)CN(c2ccc(Cl)cc2)S(=O)(=O)c2ccccc2)cc1. The van der Waals surface area contributed by atoms with Gasteiger partial charge in [-0.25, -0.2) is 13.8 Å². The van der Waals surface area contributed by atoms with E-state index in [-0.39, 0.29) is 17.2 Å². The Bertz CT molecular complexity index is 1260. The van der Waals surface area contributed by atoms with Crippen LogP contribution in [-0.2, 0) is 19.6 Å². The second kappa shape index (κ2) is 11.3. The highest BCUT2D eigenvalue weighted by atomic mass is 35.5. The molecule has 0 atom stereocenters. The van der Waals surface area contributed by atoms with E-state index in [1.807, 2.05) is 0 Å². The summed E-state index contributed by atoms with van der Waals surface area (Å²) in [5, 5.41) is 4.31. The molecule has 0 radical (unpaired) electrons. The van der Waals surface area contributed by atoms with E-state index in [0.29, 0.717) is 16.3 Å². The average Bonchev–Trinajstić information content (AvgIpc) is 2.83. The first kappa shape index (κ1) is 24.7. The molecule has 0 aliphatic rings. The second-order valence-corrected chi connectivity index (χ2v) is 9.22. The molecule has 0 unspecified atom stereocenters. The number of halogens is 1. The monoisotopic (exact) mass is 500 g/mol. The fourth-order valence-electron chi connectivity index (χ4n) is 2.79. The third-order valence-corrected chi connectivity index (χ3v) is 6.44. The summed E-state index contributed by atoms with van der Waals surface area (Å²) in [4.78, 5) is 23.3. The third-order valence-electron chi connectivity index (χ3n) is 4.40. The number of ether oxygens (including phenoxy) is 1. The molecule has 0 aromatic heterocycles. The molecule has 2 amide bonds. The Hall–Kier alpha value is -3.89. The Balaban J connectivity index is 1.71. The zero-order valence-electron chi connectivity index (χ0n) is 17.8. The van der Waals surface area contributed by atoms with E-state index in [9.17, 15) is 18.0 Å². The Labute approximate surface area is 201 Å². The molecule has 0 fully saturated rings. The van der Waals surface area contributed by atoms with Crippen molar-refractivity contribution in [2.75, 3.05) is 17.5 Å². The molecule has 9 nitrogen and oxygen atoms in total. The number of hydrogen-bond donors (Lipinski definition) is 2. The predicted molar refractivity (Wildman–Crippen MR) is 129 cm³/mol. The number of nitrogens with one attached hydrogen (secondary N) is 1. The molecule has 0 saturated heterocycles. The Morgan fingerprint density at radius 3 is 2.26 bits per heavy atom. The third kappa shape index (κ3) is 6.80. The zero-order valence-corrected chi connectivity index (χ0v) is 19.4. The zero-order chi connectivity index (χ0) is 24.6. The van der Waals surface area contributed by atoms with Gasteiger partial charge in [-0.3, -0.25) is 13.9 Å². The van der Waals surface area contributed by atoms with Crippen molar-refractivity contribution in [1.29, 1.82) is 0 Å². The molecule has 3 N–H and O–H groups in total. The maximum atomic E-state index is 13.2. The highest BCUT2D eigenvalue weighted by molar-refractivity contribution is 7.92. The van der Waals surface area contributed by atoms with E-state index >= 15 is 0 Å². The standard InChI is InChI=1S/C23H21ClN4O5S/c24-18-8-10-19(11-9-18)28(34(31,32)21-4-2-1-3-5-21)15-23(30)27-26-14-17-6-12-20(13-7-17)33-16-22(25)29/h1-14H,15-16H2,(H2,25,29)(H,27,30)/b26-14-. The lowest BCUT2D eigenvalue weighted by Crippen LogP contribution is -2.39. The topological polar surface area (TPSA) is 131 Å². The molecular formula is C23H21ClN4O5S. The first-order chi connectivity index (χ1) is 16.3. The van der Waals surface area contributed by atoms with Crippen LogP contribution >= 0.6 is 11.6 Å². The van der Waals surface area contributed by atoms with Gasteiger partial charge in [-0.2, -0.15) is 5.10 Å². The number of sulfonamides is 1. The summed E-state index contributed by atoms with van der Waals surface area (Å²) in [5.41, 5.74) is 8.27. The number of carbonyl (C=O) groups excluding carboxylic acids is 2. The van der Waals surface area contributed by atoms with E-state index in [1.54, 1.807) is 42.5 Å². The maximum absolute atomic E-state index is 13.2. The van der Waals surface area contributed by atoms with E-state index in [4.69, 9.17) is 22.1 Å². The van der Waals surface area contributed by atoms with Crippen LogP contribution < -0.4 is 20.2 Å². The summed E-state index contributed by atoms with van der Waals surface area (Å²) >= 11 is 5.93. The predicted octanol–water partition coefficient (Wildman–Crippen LogP) is 2.55. The molecule has 176 valence electrons. The van der Waals surface area contributed by atoms with Crippen LogP contribution in [0.15, 0.2) is 88.9 Å². The van der Waals surface area contributed by atoms with Crippen molar-refractivity contribution in [3.05, 3.63) is 89.4 Å². The lowest BCUT2D eigenvalue weighted by molar-refractivity contribution is -0.120. The van der Waals surface area contributed by atoms with Gasteiger partial charge in [0, 0.05) is 5.02 Å². The number of carbonyl (C=O) groups is 2. The van der Waals surface area contributed by atoms with E-state index < -0.39 is 28.4 Å². The Morgan fingerprint density at radius 1 is 1.00 bits per heavy atom. The highest BCUT2D eigenvalue weighted by Crippen LogP contribution is 2.25. The molecule has 11 heteroatoms. The molecule has 3 aromatic rings. The van der Waals surface area contributed by atoms with Gasteiger partial charge in [0.05, 0.1) is 16.8 Å². The normalized spacial score (nSPS) is 11.2. The van der Waals surface area contributed by atoms with Gasteiger partial charge >= 0.3 is 0 Å². The van der Waals surface area contributed by atoms with Crippen LogP contribution in [0.2, 0.25) is 5.02 Å². The number of anilines is 1. The minimum atomic E-state index is -4.02. The highest BCUT2D eigenvalue weighted by Gasteiger charge is 2.27. The second-order valence-electron chi connectivity index (χ2n) is 6.92. The van der Waals surface area contributed by atoms with Crippen LogP contribution in [0.4, 0.5) is 5.69 Å². The van der Waals surface area contributed by atoms with E-state index in [2.05, 4.69) is 10.5 Å². The van der Waals surface area contributed by atoms with Gasteiger partial charge in [0.1, 0.15) is 12.3 Å². The van der Waals surface area contributed by atoms with Crippen LogP contribution in [0.3, 0.4) is 0 Å². The lowest BCUT2D eigenvalue weighted by Gasteiger charge is -2.23. The van der Waals surface area contributed by atoms with Crippen molar-refractivity contribution in [2.24, 2.45) is 10.8 Å². The molecule has 0 bridgehead atoms. The molecular weight excluding hydrogens is 480 g/mol. The van der Waals surface area contributed by atoms with E-state index in [0.717, 1.165) is 4.31 Å². The number of nitrogens with two attached hydrogens (primary N) is 1. The molecule has 34 heavy (non-hydrogen) atoms. The number of nitrogens with zero attached hydrogens (tertiary/aromatic N) is 2. The fourth-order valence-corrected chi connectivity index (χ4v) is 4.36. The van der Waals surface area contributed by atoms with Gasteiger partial charge in [0.2, 0.25) is 0 Å². The van der Waals surface area contributed by atoms with Crippen molar-refractivity contribution in [3.8, 4) is 5.75 Å². The van der Waals surface area contributed by atoms with Crippen molar-refractivity contribution < 1.29 is 22.7 Å². The molecule has 3 aromatic carbocycles. The van der Waals surface area contributed by atoms with Crippen LogP contribution in [-0.4, -0.2) is 39.6 Å². The van der Waals surface area contributed by atoms with Gasteiger partial charge in [0.15, 0.2) is 6.61 Å². The summed E-state index contributed by atoms with van der Waals surface area (Å²) in [5.74, 6) is -0.785. The summed E-state index contributed by atoms with van der Waals surface area (Å²) in [6.45, 7) is -0.740. The van der Waals surface area contributed by atoms with Crippen molar-refractivity contribution in [2.45, 2.75) is 4.90 Å². The fraction of sp³-hybridized carbons (Fsp3) is 0.0870. The number of rotatable bonds is 10. The van der Waals surface area contributed by atoms with Gasteiger partial charge in [0.25, 0.3) is 21.8 Å². The number of benzene rings is 3. The number of amides is 2. The summed E-state index contributed by atoms with van der Waals surface area (Å²) < 4.78 is 32.6. The Kier molecular flexibility index (Phi) is 8.23. The molecule has 0 aliphatic heterocycles. The molecule has 0 saturated carbocycles. The van der Waals surface area contributed by atoms with Crippen LogP contribution in [0.5, 0.6) is 5.75 Å². The van der Waals surface area contributed by atoms with E-state index in [1.165, 1.54) is 42.6 Å².